The summed E-state index contributed by atoms with van der Waals surface area (Å²) in [5.74, 6) is -0.180. The van der Waals surface area contributed by atoms with E-state index >= 15 is 0 Å². The molecule has 0 bridgehead atoms. The number of hydrogen-bond acceptors (Lipinski definition) is 5. The van der Waals surface area contributed by atoms with Gasteiger partial charge in [-0.1, -0.05) is 18.6 Å². The molecule has 0 saturated carbocycles. The number of nitrogens with two attached hydrogens (primary N) is 3. The highest BCUT2D eigenvalue weighted by molar-refractivity contribution is 5.84. The van der Waals surface area contributed by atoms with Gasteiger partial charge >= 0.3 is 0 Å². The molecule has 1 aromatic rings. The summed E-state index contributed by atoms with van der Waals surface area (Å²) in [5.41, 5.74) is 18.1. The average molecular weight is 434 g/mol. The van der Waals surface area contributed by atoms with Crippen LogP contribution >= 0.6 is 0 Å². The molecule has 0 aromatic heterocycles. The van der Waals surface area contributed by atoms with Gasteiger partial charge in [0, 0.05) is 13.0 Å². The van der Waals surface area contributed by atoms with Crippen LogP contribution in [0.15, 0.2) is 29.3 Å². The molecule has 9 heteroatoms. The highest BCUT2D eigenvalue weighted by atomic mass is 16.2. The summed E-state index contributed by atoms with van der Waals surface area (Å²) in [6.07, 6.45) is 7.01. The van der Waals surface area contributed by atoms with Crippen LogP contribution < -0.4 is 33.2 Å². The number of amides is 2. The second kappa shape index (κ2) is 17.1. The van der Waals surface area contributed by atoms with Crippen LogP contribution in [-0.2, 0) is 16.0 Å². The zero-order valence-corrected chi connectivity index (χ0v) is 18.5. The lowest BCUT2D eigenvalue weighted by Crippen LogP contribution is -2.37. The molecule has 9 nitrogen and oxygen atoms in total. The summed E-state index contributed by atoms with van der Waals surface area (Å²) in [6.45, 7) is 3.22. The highest BCUT2D eigenvalue weighted by Crippen LogP contribution is 2.14. The Morgan fingerprint density at radius 3 is 2.23 bits per heavy atom. The third-order valence-electron chi connectivity index (χ3n) is 4.67. The number of nitrogens with one attached hydrogen (secondary N) is 3. The van der Waals surface area contributed by atoms with Crippen LogP contribution in [0.5, 0.6) is 0 Å². The van der Waals surface area contributed by atoms with Crippen LogP contribution in [0.25, 0.3) is 0 Å². The molecule has 1 rings (SSSR count). The minimum absolute atomic E-state index is 0.0374. The molecule has 0 heterocycles. The fourth-order valence-electron chi connectivity index (χ4n) is 2.96. The van der Waals surface area contributed by atoms with Crippen molar-refractivity contribution in [3.05, 3.63) is 29.8 Å². The number of aryl methyl sites for hydroxylation is 1. The Bertz CT molecular complexity index is 658. The molecule has 9 N–H and O–H groups in total. The number of hydrogen-bond donors (Lipinski definition) is 6. The molecule has 174 valence electrons. The second-order valence-corrected chi connectivity index (χ2v) is 7.49. The van der Waals surface area contributed by atoms with Crippen LogP contribution in [0.1, 0.15) is 50.5 Å². The molecule has 0 aliphatic carbocycles. The van der Waals surface area contributed by atoms with E-state index in [-0.39, 0.29) is 24.3 Å². The Hall–Kier alpha value is -2.65. The lowest BCUT2D eigenvalue weighted by atomic mass is 10.1. The van der Waals surface area contributed by atoms with Gasteiger partial charge in [-0.15, -0.1) is 0 Å². The van der Waals surface area contributed by atoms with Crippen molar-refractivity contribution in [1.82, 2.24) is 16.0 Å². The third-order valence-corrected chi connectivity index (χ3v) is 4.67. The quantitative estimate of drug-likeness (QED) is 0.120. The normalized spacial score (nSPS) is 10.5. The molecule has 31 heavy (non-hydrogen) atoms. The van der Waals surface area contributed by atoms with E-state index in [2.05, 4.69) is 20.9 Å². The van der Waals surface area contributed by atoms with Crippen LogP contribution in [0, 0.1) is 0 Å². The Kier molecular flexibility index (Phi) is 14.5. The molecule has 1 aromatic carbocycles. The Morgan fingerprint density at radius 2 is 1.52 bits per heavy atom. The number of carbonyl (C=O) groups is 2. The van der Waals surface area contributed by atoms with Gasteiger partial charge in [0.25, 0.3) is 0 Å². The van der Waals surface area contributed by atoms with E-state index < -0.39 is 0 Å². The summed E-state index contributed by atoms with van der Waals surface area (Å²) in [4.78, 5) is 27.6. The van der Waals surface area contributed by atoms with Crippen molar-refractivity contribution in [2.75, 3.05) is 32.7 Å². The fraction of sp³-hybridized carbons (Fsp3) is 0.591. The average Bonchev–Trinajstić information content (AvgIpc) is 2.74. The first-order valence-corrected chi connectivity index (χ1v) is 11.1. The minimum Gasteiger partial charge on any atom is -0.370 e. The van der Waals surface area contributed by atoms with Gasteiger partial charge in [0.2, 0.25) is 11.8 Å². The molecular weight excluding hydrogens is 394 g/mol. The number of guanidine groups is 1. The third kappa shape index (κ3) is 14.9. The van der Waals surface area contributed by atoms with Gasteiger partial charge < -0.3 is 33.2 Å². The van der Waals surface area contributed by atoms with E-state index in [0.717, 1.165) is 63.7 Å². The Morgan fingerprint density at radius 1 is 0.806 bits per heavy atom. The predicted molar refractivity (Wildman–Crippen MR) is 126 cm³/mol. The number of benzene rings is 1. The van der Waals surface area contributed by atoms with Gasteiger partial charge in [0.15, 0.2) is 5.96 Å². The number of unbranched alkanes of at least 4 members (excludes halogenated alkanes) is 3. The second-order valence-electron chi connectivity index (χ2n) is 7.49. The minimum atomic E-state index is -0.145. The van der Waals surface area contributed by atoms with Gasteiger partial charge in [-0.05, 0) is 75.9 Å². The maximum atomic E-state index is 11.9. The number of rotatable bonds is 17. The Labute approximate surface area is 185 Å². The largest absolute Gasteiger partial charge is 0.370 e. The number of nitrogens with zero attached hydrogens (tertiary/aromatic N) is 1. The van der Waals surface area contributed by atoms with Crippen molar-refractivity contribution in [1.29, 1.82) is 0 Å². The van der Waals surface area contributed by atoms with Crippen molar-refractivity contribution < 1.29 is 9.59 Å². The standard InChI is InChI=1S/C22H39N7O2/c23-13-6-15-26-14-4-5-16-27-21(31)17-28-20(30)8-3-1-2-7-18-9-11-19(12-10-18)29-22(24)25/h9-12,26H,1-8,13-17,23H2,(H,27,31)(H,28,30)(H4,24,25,29). The summed E-state index contributed by atoms with van der Waals surface area (Å²) < 4.78 is 0. The van der Waals surface area contributed by atoms with Crippen molar-refractivity contribution in [2.24, 2.45) is 22.2 Å². The monoisotopic (exact) mass is 433 g/mol. The van der Waals surface area contributed by atoms with Gasteiger partial charge in [0.1, 0.15) is 0 Å². The van der Waals surface area contributed by atoms with E-state index in [1.807, 2.05) is 24.3 Å². The van der Waals surface area contributed by atoms with E-state index in [1.54, 1.807) is 0 Å². The molecule has 2 amide bonds. The van der Waals surface area contributed by atoms with Crippen LogP contribution in [0.2, 0.25) is 0 Å². The van der Waals surface area contributed by atoms with Crippen molar-refractivity contribution in [3.63, 3.8) is 0 Å². The molecule has 0 saturated heterocycles. The van der Waals surface area contributed by atoms with Gasteiger partial charge in [-0.3, -0.25) is 9.59 Å². The first kappa shape index (κ1) is 26.4. The van der Waals surface area contributed by atoms with Crippen LogP contribution in [0.4, 0.5) is 5.69 Å². The van der Waals surface area contributed by atoms with Crippen LogP contribution in [0.3, 0.4) is 0 Å². The lowest BCUT2D eigenvalue weighted by Gasteiger charge is -2.08. The molecule has 0 aliphatic heterocycles. The SMILES string of the molecule is NCCCNCCCCNC(=O)CNC(=O)CCCCCc1ccc(N=C(N)N)cc1. The zero-order valence-electron chi connectivity index (χ0n) is 18.5. The fourth-order valence-corrected chi connectivity index (χ4v) is 2.96. The molecule has 0 radical (unpaired) electrons. The molecular formula is C22H39N7O2. The summed E-state index contributed by atoms with van der Waals surface area (Å²) >= 11 is 0. The molecule has 0 atom stereocenters. The number of carbonyl (C=O) groups excluding carboxylic acids is 2. The van der Waals surface area contributed by atoms with Crippen molar-refractivity contribution in [2.45, 2.75) is 51.4 Å². The zero-order chi connectivity index (χ0) is 22.7. The first-order valence-electron chi connectivity index (χ1n) is 11.1. The van der Waals surface area contributed by atoms with Gasteiger partial charge in [0.05, 0.1) is 12.2 Å². The first-order chi connectivity index (χ1) is 15.0. The maximum absolute atomic E-state index is 11.9. The number of aliphatic imine (C=N–C) groups is 1. The maximum Gasteiger partial charge on any atom is 0.239 e. The molecule has 0 aliphatic rings. The van der Waals surface area contributed by atoms with Crippen LogP contribution in [-0.4, -0.2) is 50.5 Å². The molecule has 0 spiro atoms. The Balaban J connectivity index is 1.99. The smallest absolute Gasteiger partial charge is 0.239 e. The van der Waals surface area contributed by atoms with E-state index in [4.69, 9.17) is 17.2 Å². The summed E-state index contributed by atoms with van der Waals surface area (Å²) in [7, 11) is 0. The molecule has 0 unspecified atom stereocenters. The summed E-state index contributed by atoms with van der Waals surface area (Å²) in [6, 6.07) is 7.78. The summed E-state index contributed by atoms with van der Waals surface area (Å²) in [5, 5.41) is 8.80. The van der Waals surface area contributed by atoms with E-state index in [0.29, 0.717) is 19.5 Å². The van der Waals surface area contributed by atoms with E-state index in [9.17, 15) is 9.59 Å². The van der Waals surface area contributed by atoms with Gasteiger partial charge in [-0.2, -0.15) is 0 Å². The lowest BCUT2D eigenvalue weighted by molar-refractivity contribution is -0.126. The van der Waals surface area contributed by atoms with E-state index in [1.165, 1.54) is 5.56 Å². The van der Waals surface area contributed by atoms with Crippen molar-refractivity contribution in [3.8, 4) is 0 Å². The van der Waals surface area contributed by atoms with Gasteiger partial charge in [-0.25, -0.2) is 4.99 Å². The molecule has 0 fully saturated rings. The highest BCUT2D eigenvalue weighted by Gasteiger charge is 2.05. The topological polar surface area (TPSA) is 161 Å². The van der Waals surface area contributed by atoms with Crippen molar-refractivity contribution >= 4 is 23.5 Å². The predicted octanol–water partition coefficient (Wildman–Crippen LogP) is 0.645.